The van der Waals surface area contributed by atoms with E-state index < -0.39 is 11.5 Å². The smallest absolute Gasteiger partial charge is 0.341 e. The zero-order valence-corrected chi connectivity index (χ0v) is 7.33. The Morgan fingerprint density at radius 1 is 1.71 bits per heavy atom. The first-order valence-electron chi connectivity index (χ1n) is 3.61. The summed E-state index contributed by atoms with van der Waals surface area (Å²) < 4.78 is 4.41. The fourth-order valence-electron chi connectivity index (χ4n) is 0.934. The zero-order valence-electron chi connectivity index (χ0n) is 7.33. The molecule has 1 aromatic heterocycles. The van der Waals surface area contributed by atoms with Gasteiger partial charge in [-0.25, -0.2) is 4.79 Å². The van der Waals surface area contributed by atoms with Gasteiger partial charge in [0.25, 0.3) is 5.56 Å². The minimum Gasteiger partial charge on any atom is -0.465 e. The summed E-state index contributed by atoms with van der Waals surface area (Å²) in [6, 6.07) is 1.61. The number of nitriles is 1. The number of aromatic amines is 1. The van der Waals surface area contributed by atoms with E-state index in [2.05, 4.69) is 9.72 Å². The lowest BCUT2D eigenvalue weighted by molar-refractivity contribution is 0.0601. The van der Waals surface area contributed by atoms with Crippen LogP contribution in [-0.4, -0.2) is 18.1 Å². The summed E-state index contributed by atoms with van der Waals surface area (Å²) >= 11 is 0. The molecule has 0 saturated carbocycles. The van der Waals surface area contributed by atoms with Crippen molar-refractivity contribution in [3.05, 3.63) is 27.7 Å². The van der Waals surface area contributed by atoms with Crippen LogP contribution in [0.15, 0.2) is 11.0 Å². The Hall–Kier alpha value is -2.29. The molecule has 0 aliphatic carbocycles. The number of nitrogens with one attached hydrogen (secondary N) is 1. The monoisotopic (exact) mass is 193 g/mol. The SMILES string of the molecule is COC(=O)c1c[nH]c(=O)c(C#N)c1N. The number of anilines is 1. The van der Waals surface area contributed by atoms with E-state index in [1.165, 1.54) is 7.11 Å². The van der Waals surface area contributed by atoms with Crippen molar-refractivity contribution in [3.63, 3.8) is 0 Å². The molecule has 3 N–H and O–H groups in total. The quantitative estimate of drug-likeness (QED) is 0.590. The molecular weight excluding hydrogens is 186 g/mol. The number of hydrogen-bond donors (Lipinski definition) is 2. The van der Waals surface area contributed by atoms with Gasteiger partial charge in [0.05, 0.1) is 12.8 Å². The number of nitrogens with zero attached hydrogens (tertiary/aromatic N) is 1. The second-order valence-electron chi connectivity index (χ2n) is 2.42. The van der Waals surface area contributed by atoms with Gasteiger partial charge in [0.15, 0.2) is 0 Å². The molecule has 0 bridgehead atoms. The maximum Gasteiger partial charge on any atom is 0.341 e. The Bertz CT molecular complexity index is 470. The van der Waals surface area contributed by atoms with E-state index in [1.807, 2.05) is 0 Å². The van der Waals surface area contributed by atoms with Crippen LogP contribution in [0.4, 0.5) is 5.69 Å². The van der Waals surface area contributed by atoms with Gasteiger partial charge in [-0.3, -0.25) is 4.79 Å². The van der Waals surface area contributed by atoms with Gasteiger partial charge >= 0.3 is 5.97 Å². The Balaban J connectivity index is 3.45. The number of esters is 1. The number of carbonyl (C=O) groups excluding carboxylic acids is 1. The van der Waals surface area contributed by atoms with E-state index >= 15 is 0 Å². The van der Waals surface area contributed by atoms with Crippen LogP contribution < -0.4 is 11.3 Å². The number of hydrogen-bond acceptors (Lipinski definition) is 5. The van der Waals surface area contributed by atoms with Crippen molar-refractivity contribution in [2.45, 2.75) is 0 Å². The maximum atomic E-state index is 11.1. The van der Waals surface area contributed by atoms with Crippen LogP contribution in [0.2, 0.25) is 0 Å². The molecule has 0 saturated heterocycles. The summed E-state index contributed by atoms with van der Waals surface area (Å²) in [5.74, 6) is -0.699. The van der Waals surface area contributed by atoms with Gasteiger partial charge < -0.3 is 15.5 Å². The number of carbonyl (C=O) groups is 1. The zero-order chi connectivity index (χ0) is 10.7. The molecule has 14 heavy (non-hydrogen) atoms. The summed E-state index contributed by atoms with van der Waals surface area (Å²) in [4.78, 5) is 24.3. The number of ether oxygens (including phenoxy) is 1. The first-order chi connectivity index (χ1) is 6.61. The second kappa shape index (κ2) is 3.62. The Morgan fingerprint density at radius 2 is 2.36 bits per heavy atom. The molecule has 0 aliphatic heterocycles. The van der Waals surface area contributed by atoms with Gasteiger partial charge in [-0.2, -0.15) is 5.26 Å². The van der Waals surface area contributed by atoms with Gasteiger partial charge in [0, 0.05) is 6.20 Å². The average Bonchev–Trinajstić information content (AvgIpc) is 2.18. The summed E-state index contributed by atoms with van der Waals surface area (Å²) in [7, 11) is 1.18. The molecule has 0 fully saturated rings. The van der Waals surface area contributed by atoms with Gasteiger partial charge in [-0.15, -0.1) is 0 Å². The molecule has 0 amide bonds. The lowest BCUT2D eigenvalue weighted by atomic mass is 10.1. The lowest BCUT2D eigenvalue weighted by Crippen LogP contribution is -2.17. The fourth-order valence-corrected chi connectivity index (χ4v) is 0.934. The standard InChI is InChI=1S/C8H7N3O3/c1-14-8(13)5-3-11-7(12)4(2-9)6(5)10/h3H,1H3,(H3,10,11,12). The van der Waals surface area contributed by atoms with E-state index in [9.17, 15) is 9.59 Å². The van der Waals surface area contributed by atoms with Crippen LogP contribution in [0.1, 0.15) is 15.9 Å². The number of H-pyrrole nitrogens is 1. The normalized spacial score (nSPS) is 9.14. The van der Waals surface area contributed by atoms with Crippen molar-refractivity contribution in [2.75, 3.05) is 12.8 Å². The van der Waals surface area contributed by atoms with E-state index in [-0.39, 0.29) is 16.8 Å². The van der Waals surface area contributed by atoms with Gasteiger partial charge in [-0.1, -0.05) is 0 Å². The van der Waals surface area contributed by atoms with E-state index in [4.69, 9.17) is 11.0 Å². The summed E-state index contributed by atoms with van der Waals surface area (Å²) in [6.45, 7) is 0. The Labute approximate surface area is 78.9 Å². The largest absolute Gasteiger partial charge is 0.465 e. The number of rotatable bonds is 1. The summed E-state index contributed by atoms with van der Waals surface area (Å²) in [5, 5.41) is 8.58. The summed E-state index contributed by atoms with van der Waals surface area (Å²) in [6.07, 6.45) is 1.12. The molecule has 1 aromatic rings. The van der Waals surface area contributed by atoms with Crippen LogP contribution >= 0.6 is 0 Å². The first-order valence-corrected chi connectivity index (χ1v) is 3.61. The number of nitrogen functional groups attached to an aromatic ring is 1. The predicted molar refractivity (Wildman–Crippen MR) is 47.5 cm³/mol. The van der Waals surface area contributed by atoms with Crippen LogP contribution in [0, 0.1) is 11.3 Å². The third-order valence-corrected chi connectivity index (χ3v) is 1.65. The van der Waals surface area contributed by atoms with Crippen molar-refractivity contribution < 1.29 is 9.53 Å². The molecule has 0 unspecified atom stereocenters. The molecule has 6 nitrogen and oxygen atoms in total. The minimum atomic E-state index is -0.699. The van der Waals surface area contributed by atoms with Crippen LogP contribution in [0.5, 0.6) is 0 Å². The van der Waals surface area contributed by atoms with Gasteiger partial charge in [0.2, 0.25) is 0 Å². The number of pyridine rings is 1. The van der Waals surface area contributed by atoms with Gasteiger partial charge in [-0.05, 0) is 0 Å². The van der Waals surface area contributed by atoms with Crippen molar-refractivity contribution in [3.8, 4) is 6.07 Å². The van der Waals surface area contributed by atoms with E-state index in [0.29, 0.717) is 0 Å². The van der Waals surface area contributed by atoms with E-state index in [1.54, 1.807) is 6.07 Å². The number of methoxy groups -OCH3 is 1. The highest BCUT2D eigenvalue weighted by molar-refractivity contribution is 5.95. The molecule has 0 atom stereocenters. The first kappa shape index (κ1) is 9.80. The third-order valence-electron chi connectivity index (χ3n) is 1.65. The molecule has 1 rings (SSSR count). The van der Waals surface area contributed by atoms with Crippen LogP contribution in [-0.2, 0) is 4.74 Å². The number of nitrogens with two attached hydrogens (primary N) is 1. The van der Waals surface area contributed by atoms with Crippen LogP contribution in [0.25, 0.3) is 0 Å². The Morgan fingerprint density at radius 3 is 2.86 bits per heavy atom. The highest BCUT2D eigenvalue weighted by Crippen LogP contribution is 2.12. The topological polar surface area (TPSA) is 109 Å². The Kier molecular flexibility index (Phi) is 2.53. The molecule has 72 valence electrons. The molecule has 1 heterocycles. The lowest BCUT2D eigenvalue weighted by Gasteiger charge is -2.03. The predicted octanol–water partition coefficient (Wildman–Crippen LogP) is -0.385. The highest BCUT2D eigenvalue weighted by Gasteiger charge is 2.15. The summed E-state index contributed by atoms with van der Waals surface area (Å²) in [5.41, 5.74) is 4.33. The molecule has 0 spiro atoms. The second-order valence-corrected chi connectivity index (χ2v) is 2.42. The maximum absolute atomic E-state index is 11.1. The molecule has 0 aliphatic rings. The molecule has 0 radical (unpaired) electrons. The van der Waals surface area contributed by atoms with Crippen molar-refractivity contribution in [1.29, 1.82) is 5.26 Å². The highest BCUT2D eigenvalue weighted by atomic mass is 16.5. The van der Waals surface area contributed by atoms with Crippen molar-refractivity contribution in [1.82, 2.24) is 4.98 Å². The van der Waals surface area contributed by atoms with Crippen molar-refractivity contribution in [2.24, 2.45) is 0 Å². The van der Waals surface area contributed by atoms with Crippen molar-refractivity contribution >= 4 is 11.7 Å². The minimum absolute atomic E-state index is 0.0244. The number of aromatic nitrogens is 1. The van der Waals surface area contributed by atoms with Gasteiger partial charge in [0.1, 0.15) is 17.2 Å². The fraction of sp³-hybridized carbons (Fsp3) is 0.125. The average molecular weight is 193 g/mol. The third kappa shape index (κ3) is 1.43. The molecular formula is C8H7N3O3. The van der Waals surface area contributed by atoms with Crippen LogP contribution in [0.3, 0.4) is 0 Å². The molecule has 6 heteroatoms. The van der Waals surface area contributed by atoms with E-state index in [0.717, 1.165) is 6.20 Å². The molecule has 0 aromatic carbocycles.